The lowest BCUT2D eigenvalue weighted by Crippen LogP contribution is -2.45. The van der Waals surface area contributed by atoms with Crippen LogP contribution in [0, 0.1) is 17.2 Å². The van der Waals surface area contributed by atoms with Crippen molar-refractivity contribution in [3.63, 3.8) is 0 Å². The number of rotatable bonds is 7. The van der Waals surface area contributed by atoms with E-state index in [2.05, 4.69) is 46.8 Å². The molecule has 0 N–H and O–H groups in total. The van der Waals surface area contributed by atoms with Crippen LogP contribution in [-0.2, 0) is 10.2 Å². The van der Waals surface area contributed by atoms with Gasteiger partial charge in [0.25, 0.3) is 0 Å². The van der Waals surface area contributed by atoms with E-state index in [4.69, 9.17) is 9.47 Å². The summed E-state index contributed by atoms with van der Waals surface area (Å²) in [5.74, 6) is 1.43. The van der Waals surface area contributed by atoms with E-state index in [9.17, 15) is 10.1 Å². The Morgan fingerprint density at radius 2 is 2.03 bits per heavy atom. The van der Waals surface area contributed by atoms with Gasteiger partial charge in [0, 0.05) is 29.9 Å². The van der Waals surface area contributed by atoms with E-state index in [-0.39, 0.29) is 28.8 Å². The Hall–Kier alpha value is -2.28. The monoisotopic (exact) mass is 423 g/mol. The number of hydrogen-bond acceptors (Lipinski definition) is 4. The first-order valence-electron chi connectivity index (χ1n) is 11.7. The summed E-state index contributed by atoms with van der Waals surface area (Å²) in [4.78, 5) is 12.0. The largest absolute Gasteiger partial charge is 0.487 e. The number of carbonyl (C=O) groups is 1. The Balaban J connectivity index is 2.06. The lowest BCUT2D eigenvalue weighted by atomic mass is 9.66. The fourth-order valence-corrected chi connectivity index (χ4v) is 5.24. The minimum Gasteiger partial charge on any atom is -0.487 e. The van der Waals surface area contributed by atoms with E-state index >= 15 is 0 Å². The predicted molar refractivity (Wildman–Crippen MR) is 123 cm³/mol. The summed E-state index contributed by atoms with van der Waals surface area (Å²) in [5.41, 5.74) is 2.49. The van der Waals surface area contributed by atoms with E-state index in [0.29, 0.717) is 12.2 Å². The summed E-state index contributed by atoms with van der Waals surface area (Å²) < 4.78 is 12.3. The smallest absolute Gasteiger partial charge is 0.308 e. The van der Waals surface area contributed by atoms with Gasteiger partial charge in [0.2, 0.25) is 0 Å². The lowest BCUT2D eigenvalue weighted by Gasteiger charge is -2.47. The van der Waals surface area contributed by atoms with Gasteiger partial charge >= 0.3 is 5.97 Å². The Morgan fingerprint density at radius 1 is 1.29 bits per heavy atom. The van der Waals surface area contributed by atoms with Gasteiger partial charge in [-0.2, -0.15) is 5.26 Å². The third-order valence-corrected chi connectivity index (χ3v) is 7.12. The zero-order chi connectivity index (χ0) is 22.8. The van der Waals surface area contributed by atoms with Crippen molar-refractivity contribution < 1.29 is 14.3 Å². The third-order valence-electron chi connectivity index (χ3n) is 7.12. The molecule has 2 aliphatic rings. The van der Waals surface area contributed by atoms with Crippen molar-refractivity contribution in [2.24, 2.45) is 5.92 Å². The van der Waals surface area contributed by atoms with E-state index in [1.54, 1.807) is 0 Å². The van der Waals surface area contributed by atoms with Crippen molar-refractivity contribution in [1.82, 2.24) is 0 Å². The molecular weight excluding hydrogens is 386 g/mol. The highest BCUT2D eigenvalue weighted by molar-refractivity contribution is 5.71. The van der Waals surface area contributed by atoms with Gasteiger partial charge in [-0.25, -0.2) is 0 Å². The number of unbranched alkanes of at least 4 members (excludes halogenated alkanes) is 3. The first-order valence-corrected chi connectivity index (χ1v) is 11.7. The average molecular weight is 424 g/mol. The molecule has 0 unspecified atom stereocenters. The molecule has 0 amide bonds. The molecule has 0 saturated heterocycles. The molecule has 4 nitrogen and oxygen atoms in total. The second-order valence-corrected chi connectivity index (χ2v) is 10.4. The van der Waals surface area contributed by atoms with E-state index in [1.807, 2.05) is 12.1 Å². The van der Waals surface area contributed by atoms with Crippen molar-refractivity contribution in [2.75, 3.05) is 0 Å². The highest BCUT2D eigenvalue weighted by Gasteiger charge is 2.47. The predicted octanol–water partition coefficient (Wildman–Crippen LogP) is 6.97. The fraction of sp³-hybridized carbons (Fsp3) is 0.630. The van der Waals surface area contributed by atoms with Crippen LogP contribution < -0.4 is 9.47 Å². The minimum absolute atomic E-state index is 0.0493. The number of hydrogen-bond donors (Lipinski definition) is 0. The van der Waals surface area contributed by atoms with Crippen molar-refractivity contribution >= 4 is 5.97 Å². The van der Waals surface area contributed by atoms with Crippen LogP contribution in [0.2, 0.25) is 0 Å². The van der Waals surface area contributed by atoms with Crippen LogP contribution in [0.5, 0.6) is 11.5 Å². The highest BCUT2D eigenvalue weighted by atomic mass is 16.5. The summed E-state index contributed by atoms with van der Waals surface area (Å²) in [5, 5.41) is 9.51. The topological polar surface area (TPSA) is 59.3 Å². The zero-order valence-electron chi connectivity index (χ0n) is 20.0. The molecule has 168 valence electrons. The summed E-state index contributed by atoms with van der Waals surface area (Å²) in [6.45, 7) is 12.4. The Kier molecular flexibility index (Phi) is 6.84. The van der Waals surface area contributed by atoms with Crippen LogP contribution in [0.25, 0.3) is 0 Å². The number of nitriles is 1. The van der Waals surface area contributed by atoms with Crippen LogP contribution in [-0.4, -0.2) is 11.6 Å². The molecule has 0 aromatic heterocycles. The van der Waals surface area contributed by atoms with Gasteiger partial charge < -0.3 is 9.47 Å². The summed E-state index contributed by atoms with van der Waals surface area (Å²) in [6.07, 6.45) is 9.46. The van der Waals surface area contributed by atoms with Crippen molar-refractivity contribution in [3.8, 4) is 17.6 Å². The fourth-order valence-electron chi connectivity index (χ4n) is 5.24. The minimum atomic E-state index is -0.355. The van der Waals surface area contributed by atoms with Gasteiger partial charge in [-0.05, 0) is 56.2 Å². The second kappa shape index (κ2) is 9.07. The quantitative estimate of drug-likeness (QED) is 0.270. The van der Waals surface area contributed by atoms with Gasteiger partial charge in [0.1, 0.15) is 17.1 Å². The number of fused-ring (bicyclic) bond motifs is 3. The summed E-state index contributed by atoms with van der Waals surface area (Å²) in [6, 6.07) is 6.54. The normalized spacial score (nSPS) is 21.8. The third kappa shape index (κ3) is 4.97. The number of esters is 1. The Morgan fingerprint density at radius 3 is 2.68 bits per heavy atom. The molecule has 4 heteroatoms. The molecule has 1 heterocycles. The molecule has 2 atom stereocenters. The van der Waals surface area contributed by atoms with E-state index < -0.39 is 0 Å². The first-order chi connectivity index (χ1) is 14.6. The maximum absolute atomic E-state index is 12.0. The molecule has 1 aromatic rings. The molecule has 1 aliphatic carbocycles. The second-order valence-electron chi connectivity index (χ2n) is 10.4. The summed E-state index contributed by atoms with van der Waals surface area (Å²) in [7, 11) is 0. The van der Waals surface area contributed by atoms with Gasteiger partial charge in [0.05, 0.1) is 6.07 Å². The summed E-state index contributed by atoms with van der Waals surface area (Å²) >= 11 is 0. The molecule has 1 aromatic carbocycles. The van der Waals surface area contributed by atoms with E-state index in [0.717, 1.165) is 35.3 Å². The zero-order valence-corrected chi connectivity index (χ0v) is 20.0. The van der Waals surface area contributed by atoms with Crippen LogP contribution in [0.15, 0.2) is 23.8 Å². The molecule has 3 rings (SSSR count). The number of nitrogens with zero attached hydrogens (tertiary/aromatic N) is 1. The van der Waals surface area contributed by atoms with Gasteiger partial charge in [-0.15, -0.1) is 0 Å². The van der Waals surface area contributed by atoms with Gasteiger partial charge in [0.15, 0.2) is 0 Å². The van der Waals surface area contributed by atoms with Crippen LogP contribution >= 0.6 is 0 Å². The van der Waals surface area contributed by atoms with Gasteiger partial charge in [-0.1, -0.05) is 52.5 Å². The number of carbonyl (C=O) groups excluding carboxylic acids is 1. The number of benzene rings is 1. The van der Waals surface area contributed by atoms with Crippen LogP contribution in [0.4, 0.5) is 0 Å². The molecule has 0 radical (unpaired) electrons. The molecule has 31 heavy (non-hydrogen) atoms. The molecule has 0 bridgehead atoms. The first kappa shape index (κ1) is 23.4. The van der Waals surface area contributed by atoms with Crippen LogP contribution in [0.1, 0.15) is 104 Å². The average Bonchev–Trinajstić information content (AvgIpc) is 2.69. The highest BCUT2D eigenvalue weighted by Crippen LogP contribution is 2.55. The molecule has 0 spiro atoms. The standard InChI is InChI=1S/C27H37NO3/c1-7-8-9-10-13-26(3,4)20-15-23(30-18(2)29)25-21-14-19(17-28)11-12-22(21)27(5,6)31-24(25)16-20/h11,15-16,21-22H,7-10,12-14H2,1-6H3/t21-,22-/m1/s1. The van der Waals surface area contributed by atoms with Crippen LogP contribution in [0.3, 0.4) is 0 Å². The number of allylic oxidation sites excluding steroid dienone is 2. The van der Waals surface area contributed by atoms with Crippen molar-refractivity contribution in [3.05, 3.63) is 34.9 Å². The Labute approximate surface area is 187 Å². The Bertz CT molecular complexity index is 904. The number of ether oxygens (including phenoxy) is 2. The maximum Gasteiger partial charge on any atom is 0.308 e. The van der Waals surface area contributed by atoms with Crippen molar-refractivity contribution in [1.29, 1.82) is 5.26 Å². The van der Waals surface area contributed by atoms with E-state index in [1.165, 1.54) is 32.6 Å². The molecule has 0 fully saturated rings. The molecule has 0 saturated carbocycles. The SMILES string of the molecule is CCCCCCC(C)(C)c1cc(OC(C)=O)c2c(c1)OC(C)(C)[C@@H]1CC=C(C#N)C[C@@H]21. The lowest BCUT2D eigenvalue weighted by molar-refractivity contribution is -0.132. The van der Waals surface area contributed by atoms with Gasteiger partial charge in [-0.3, -0.25) is 4.79 Å². The maximum atomic E-state index is 12.0. The molecular formula is C27H37NO3. The van der Waals surface area contributed by atoms with Crippen molar-refractivity contribution in [2.45, 2.75) is 103 Å². The molecule has 1 aliphatic heterocycles.